The molecule has 3 rings (SSSR count). The molecule has 3 N–H and O–H groups in total. The lowest BCUT2D eigenvalue weighted by atomic mass is 9.79. The minimum atomic E-state index is -0.622. The van der Waals surface area contributed by atoms with Crippen LogP contribution in [0.25, 0.3) is 0 Å². The maximum absolute atomic E-state index is 11.2. The summed E-state index contributed by atoms with van der Waals surface area (Å²) >= 11 is 0. The molecule has 2 aliphatic rings. The molecule has 1 fully saturated rings. The molecule has 2 heterocycles. The maximum atomic E-state index is 11.2. The second-order valence-corrected chi connectivity index (χ2v) is 7.78. The summed E-state index contributed by atoms with van der Waals surface area (Å²) in [7, 11) is 3.32. The second-order valence-electron chi connectivity index (χ2n) is 7.78. The summed E-state index contributed by atoms with van der Waals surface area (Å²) in [6.45, 7) is 6.38. The minimum absolute atomic E-state index is 0.227. The lowest BCUT2D eigenvalue weighted by molar-refractivity contribution is 0.147. The first kappa shape index (κ1) is 19.5. The molecule has 1 aromatic carbocycles. The van der Waals surface area contributed by atoms with Crippen LogP contribution in [0, 0.1) is 11.8 Å². The van der Waals surface area contributed by atoms with Gasteiger partial charge in [0, 0.05) is 37.2 Å². The molecule has 0 bridgehead atoms. The Hall–Kier alpha value is -2.28. The third-order valence-electron chi connectivity index (χ3n) is 5.51. The largest absolute Gasteiger partial charge is 0.493 e. The number of primary amides is 1. The molecular weight excluding hydrogens is 344 g/mol. The van der Waals surface area contributed by atoms with Gasteiger partial charge in [-0.25, -0.2) is 10.2 Å². The number of ether oxygens (including phenoxy) is 2. The van der Waals surface area contributed by atoms with Gasteiger partial charge in [-0.15, -0.1) is 0 Å². The predicted octanol–water partition coefficient (Wildman–Crippen LogP) is 2.69. The number of hydrazone groups is 1. The molecule has 7 nitrogen and oxygen atoms in total. The Morgan fingerprint density at radius 3 is 2.67 bits per heavy atom. The number of carbonyl (C=O) groups excluding carboxylic acids is 1. The lowest BCUT2D eigenvalue weighted by Gasteiger charge is -2.44. The number of fused-ring (bicyclic) bond motifs is 3. The van der Waals surface area contributed by atoms with Crippen LogP contribution in [0.3, 0.4) is 0 Å². The first-order valence-electron chi connectivity index (χ1n) is 9.53. The van der Waals surface area contributed by atoms with Crippen molar-refractivity contribution in [1.82, 2.24) is 10.3 Å². The SMILES string of the molecule is COc1cc2c(cc1OC)[C@H]1C/C(=N\NC(N)=O)[C@@H](CC(C)C)CN1CC2. The molecule has 0 aromatic heterocycles. The average molecular weight is 374 g/mol. The minimum Gasteiger partial charge on any atom is -0.493 e. The van der Waals surface area contributed by atoms with Crippen molar-refractivity contribution in [3.05, 3.63) is 23.3 Å². The number of urea groups is 1. The quantitative estimate of drug-likeness (QED) is 0.776. The van der Waals surface area contributed by atoms with Crippen molar-refractivity contribution in [2.75, 3.05) is 27.3 Å². The number of nitrogens with two attached hydrogens (primary N) is 1. The van der Waals surface area contributed by atoms with Crippen molar-refractivity contribution in [3.8, 4) is 11.5 Å². The van der Waals surface area contributed by atoms with Crippen LogP contribution in [0.2, 0.25) is 0 Å². The molecule has 1 aromatic rings. The average Bonchev–Trinajstić information content (AvgIpc) is 2.64. The molecule has 27 heavy (non-hydrogen) atoms. The van der Waals surface area contributed by atoms with Crippen LogP contribution in [0.1, 0.15) is 43.9 Å². The van der Waals surface area contributed by atoms with E-state index < -0.39 is 6.03 Å². The summed E-state index contributed by atoms with van der Waals surface area (Å²) in [5.74, 6) is 2.40. The summed E-state index contributed by atoms with van der Waals surface area (Å²) in [6, 6.07) is 3.78. The number of piperidine rings is 1. The van der Waals surface area contributed by atoms with Gasteiger partial charge in [-0.1, -0.05) is 13.8 Å². The second kappa shape index (κ2) is 8.17. The Morgan fingerprint density at radius 2 is 2.04 bits per heavy atom. The van der Waals surface area contributed by atoms with Gasteiger partial charge in [-0.05, 0) is 42.0 Å². The normalized spacial score (nSPS) is 23.7. The third kappa shape index (κ3) is 4.18. The fourth-order valence-electron chi connectivity index (χ4n) is 4.33. The van der Waals surface area contributed by atoms with E-state index in [1.165, 1.54) is 11.1 Å². The zero-order valence-corrected chi connectivity index (χ0v) is 16.6. The van der Waals surface area contributed by atoms with Gasteiger partial charge in [-0.2, -0.15) is 5.10 Å². The van der Waals surface area contributed by atoms with Gasteiger partial charge in [0.1, 0.15) is 0 Å². The van der Waals surface area contributed by atoms with E-state index in [0.717, 1.165) is 49.6 Å². The van der Waals surface area contributed by atoms with Crippen LogP contribution < -0.4 is 20.6 Å². The van der Waals surface area contributed by atoms with Gasteiger partial charge >= 0.3 is 6.03 Å². The number of rotatable bonds is 5. The molecule has 2 atom stereocenters. The highest BCUT2D eigenvalue weighted by molar-refractivity contribution is 5.89. The molecular formula is C20H30N4O3. The van der Waals surface area contributed by atoms with E-state index in [1.54, 1.807) is 14.2 Å². The van der Waals surface area contributed by atoms with Gasteiger partial charge in [0.15, 0.2) is 11.5 Å². The summed E-state index contributed by atoms with van der Waals surface area (Å²) < 4.78 is 11.0. The molecule has 0 unspecified atom stereocenters. The molecule has 2 amide bonds. The molecule has 2 aliphatic heterocycles. The molecule has 148 valence electrons. The van der Waals surface area contributed by atoms with E-state index in [1.807, 2.05) is 0 Å². The fraction of sp³-hybridized carbons (Fsp3) is 0.600. The molecule has 7 heteroatoms. The van der Waals surface area contributed by atoms with Crippen molar-refractivity contribution in [1.29, 1.82) is 0 Å². The van der Waals surface area contributed by atoms with Crippen molar-refractivity contribution in [2.45, 2.75) is 39.2 Å². The number of hydrogen-bond acceptors (Lipinski definition) is 5. The highest BCUT2D eigenvalue weighted by Gasteiger charge is 2.37. The number of hydrogen-bond donors (Lipinski definition) is 2. The Balaban J connectivity index is 1.93. The molecule has 0 saturated carbocycles. The maximum Gasteiger partial charge on any atom is 0.332 e. The highest BCUT2D eigenvalue weighted by Crippen LogP contribution is 2.42. The van der Waals surface area contributed by atoms with Gasteiger partial charge in [0.25, 0.3) is 0 Å². The highest BCUT2D eigenvalue weighted by atomic mass is 16.5. The van der Waals surface area contributed by atoms with Crippen LogP contribution in [0.5, 0.6) is 11.5 Å². The molecule has 0 radical (unpaired) electrons. The zero-order chi connectivity index (χ0) is 19.6. The fourth-order valence-corrected chi connectivity index (χ4v) is 4.33. The molecule has 0 spiro atoms. The van der Waals surface area contributed by atoms with E-state index in [0.29, 0.717) is 11.8 Å². The van der Waals surface area contributed by atoms with Crippen LogP contribution in [-0.2, 0) is 6.42 Å². The number of methoxy groups -OCH3 is 2. The van der Waals surface area contributed by atoms with E-state index in [2.05, 4.69) is 41.4 Å². The van der Waals surface area contributed by atoms with E-state index >= 15 is 0 Å². The Kier molecular flexibility index (Phi) is 5.89. The first-order chi connectivity index (χ1) is 12.9. The monoisotopic (exact) mass is 374 g/mol. The van der Waals surface area contributed by atoms with Gasteiger partial charge in [0.05, 0.1) is 14.2 Å². The van der Waals surface area contributed by atoms with E-state index in [-0.39, 0.29) is 6.04 Å². The molecule has 0 aliphatic carbocycles. The Morgan fingerprint density at radius 1 is 1.33 bits per heavy atom. The van der Waals surface area contributed by atoms with Crippen molar-refractivity contribution in [2.24, 2.45) is 22.7 Å². The smallest absolute Gasteiger partial charge is 0.332 e. The summed E-state index contributed by atoms with van der Waals surface area (Å²) in [5, 5.41) is 4.37. The number of benzene rings is 1. The van der Waals surface area contributed by atoms with Gasteiger partial charge < -0.3 is 15.2 Å². The Bertz CT molecular complexity index is 732. The number of nitrogens with zero attached hydrogens (tertiary/aromatic N) is 2. The summed E-state index contributed by atoms with van der Waals surface area (Å²) in [6.07, 6.45) is 2.81. The van der Waals surface area contributed by atoms with E-state index in [9.17, 15) is 4.79 Å². The van der Waals surface area contributed by atoms with Crippen LogP contribution in [-0.4, -0.2) is 44.0 Å². The Labute approximate surface area is 160 Å². The number of amides is 2. The van der Waals surface area contributed by atoms with Crippen molar-refractivity contribution < 1.29 is 14.3 Å². The van der Waals surface area contributed by atoms with E-state index in [4.69, 9.17) is 15.2 Å². The number of carbonyl (C=O) groups is 1. The standard InChI is InChI=1S/C20H30N4O3/c1-12(2)7-14-11-24-6-5-13-8-18(26-3)19(27-4)9-15(13)17(24)10-16(14)22-23-20(21)25/h8-9,12,14,17H,5-7,10-11H2,1-4H3,(H3,21,23,25)/b22-16+/t14-,17+/m0/s1. The molecule has 1 saturated heterocycles. The summed E-state index contributed by atoms with van der Waals surface area (Å²) in [5.41, 5.74) is 11.2. The lowest BCUT2D eigenvalue weighted by Crippen LogP contribution is -2.47. The summed E-state index contributed by atoms with van der Waals surface area (Å²) in [4.78, 5) is 13.7. The first-order valence-corrected chi connectivity index (χ1v) is 9.53. The predicted molar refractivity (Wildman–Crippen MR) is 105 cm³/mol. The van der Waals surface area contributed by atoms with Crippen molar-refractivity contribution in [3.63, 3.8) is 0 Å². The van der Waals surface area contributed by atoms with Crippen molar-refractivity contribution >= 4 is 11.7 Å². The third-order valence-corrected chi connectivity index (χ3v) is 5.51. The van der Waals surface area contributed by atoms with Crippen LogP contribution in [0.4, 0.5) is 4.79 Å². The van der Waals surface area contributed by atoms with Crippen LogP contribution in [0.15, 0.2) is 17.2 Å². The zero-order valence-electron chi connectivity index (χ0n) is 16.6. The van der Waals surface area contributed by atoms with Gasteiger partial charge in [0.2, 0.25) is 0 Å². The number of nitrogens with one attached hydrogen (secondary N) is 1. The van der Waals surface area contributed by atoms with Gasteiger partial charge in [-0.3, -0.25) is 4.90 Å². The van der Waals surface area contributed by atoms with Crippen LogP contribution >= 0.6 is 0 Å². The topological polar surface area (TPSA) is 89.2 Å².